The van der Waals surface area contributed by atoms with Crippen molar-refractivity contribution in [1.29, 1.82) is 0 Å². The first-order valence-corrected chi connectivity index (χ1v) is 8.76. The predicted octanol–water partition coefficient (Wildman–Crippen LogP) is 3.26. The molecule has 3 rings (SSSR count). The van der Waals surface area contributed by atoms with Gasteiger partial charge in [0.2, 0.25) is 0 Å². The van der Waals surface area contributed by atoms with Crippen LogP contribution in [0.2, 0.25) is 0 Å². The molecule has 3 nitrogen and oxygen atoms in total. The zero-order chi connectivity index (χ0) is 13.8. The summed E-state index contributed by atoms with van der Waals surface area (Å²) in [7, 11) is 0. The molecule has 0 aromatic carbocycles. The summed E-state index contributed by atoms with van der Waals surface area (Å²) in [6.45, 7) is 2.64. The molecule has 0 aromatic rings. The SMILES string of the molecule is NC(C1CCCCCC1)C1CCOC2(CCOCC2)C1. The lowest BCUT2D eigenvalue weighted by Crippen LogP contribution is -2.50. The maximum atomic E-state index is 6.70. The summed E-state index contributed by atoms with van der Waals surface area (Å²) in [6, 6.07) is 0.400. The third-order valence-corrected chi connectivity index (χ3v) is 5.92. The minimum absolute atomic E-state index is 0.101. The van der Waals surface area contributed by atoms with Crippen LogP contribution in [-0.4, -0.2) is 31.5 Å². The molecule has 3 aliphatic rings. The van der Waals surface area contributed by atoms with Crippen LogP contribution in [0.5, 0.6) is 0 Å². The molecule has 3 fully saturated rings. The van der Waals surface area contributed by atoms with Crippen molar-refractivity contribution in [2.24, 2.45) is 17.6 Å². The second-order valence-electron chi connectivity index (χ2n) is 7.23. The molecule has 1 aliphatic carbocycles. The van der Waals surface area contributed by atoms with Gasteiger partial charge in [0, 0.05) is 25.9 Å². The van der Waals surface area contributed by atoms with Gasteiger partial charge in [-0.25, -0.2) is 0 Å². The van der Waals surface area contributed by atoms with Gasteiger partial charge in [-0.05, 0) is 50.4 Å². The van der Waals surface area contributed by atoms with E-state index in [-0.39, 0.29) is 5.60 Å². The Labute approximate surface area is 123 Å². The molecule has 1 saturated carbocycles. The smallest absolute Gasteiger partial charge is 0.0729 e. The molecule has 116 valence electrons. The van der Waals surface area contributed by atoms with E-state index in [0.717, 1.165) is 38.6 Å². The summed E-state index contributed by atoms with van der Waals surface area (Å²) in [4.78, 5) is 0. The van der Waals surface area contributed by atoms with Gasteiger partial charge in [0.25, 0.3) is 0 Å². The molecular formula is C17H31NO2. The van der Waals surface area contributed by atoms with Crippen LogP contribution in [0.4, 0.5) is 0 Å². The van der Waals surface area contributed by atoms with E-state index in [1.807, 2.05) is 0 Å². The van der Waals surface area contributed by atoms with Gasteiger partial charge in [-0.1, -0.05) is 25.7 Å². The Hall–Kier alpha value is -0.120. The monoisotopic (exact) mass is 281 g/mol. The van der Waals surface area contributed by atoms with Crippen molar-refractivity contribution in [3.63, 3.8) is 0 Å². The highest BCUT2D eigenvalue weighted by Crippen LogP contribution is 2.40. The van der Waals surface area contributed by atoms with Gasteiger partial charge >= 0.3 is 0 Å². The molecule has 0 aromatic heterocycles. The number of hydrogen-bond acceptors (Lipinski definition) is 3. The summed E-state index contributed by atoms with van der Waals surface area (Å²) >= 11 is 0. The van der Waals surface area contributed by atoms with E-state index in [2.05, 4.69) is 0 Å². The van der Waals surface area contributed by atoms with Gasteiger partial charge in [-0.2, -0.15) is 0 Å². The summed E-state index contributed by atoms with van der Waals surface area (Å²) in [5.74, 6) is 1.43. The molecule has 2 heterocycles. The fourth-order valence-electron chi connectivity index (χ4n) is 4.57. The van der Waals surface area contributed by atoms with E-state index in [9.17, 15) is 0 Å². The van der Waals surface area contributed by atoms with Crippen molar-refractivity contribution >= 4 is 0 Å². The molecule has 2 aliphatic heterocycles. The van der Waals surface area contributed by atoms with Crippen molar-refractivity contribution in [3.8, 4) is 0 Å². The van der Waals surface area contributed by atoms with E-state index in [1.165, 1.54) is 51.4 Å². The van der Waals surface area contributed by atoms with E-state index < -0.39 is 0 Å². The van der Waals surface area contributed by atoms with Crippen LogP contribution < -0.4 is 5.73 Å². The Morgan fingerprint density at radius 1 is 0.850 bits per heavy atom. The van der Waals surface area contributed by atoms with Gasteiger partial charge in [0.05, 0.1) is 5.60 Å². The molecule has 2 atom stereocenters. The molecule has 0 amide bonds. The highest BCUT2D eigenvalue weighted by atomic mass is 16.5. The zero-order valence-electron chi connectivity index (χ0n) is 12.8. The summed E-state index contributed by atoms with van der Waals surface area (Å²) in [6.07, 6.45) is 12.8. The molecule has 3 heteroatoms. The van der Waals surface area contributed by atoms with E-state index in [0.29, 0.717) is 12.0 Å². The number of ether oxygens (including phenoxy) is 2. The van der Waals surface area contributed by atoms with Crippen molar-refractivity contribution in [1.82, 2.24) is 0 Å². The molecule has 2 saturated heterocycles. The highest BCUT2D eigenvalue weighted by molar-refractivity contribution is 4.93. The quantitative estimate of drug-likeness (QED) is 0.790. The Morgan fingerprint density at radius 3 is 2.25 bits per heavy atom. The van der Waals surface area contributed by atoms with Crippen molar-refractivity contribution in [3.05, 3.63) is 0 Å². The Morgan fingerprint density at radius 2 is 1.55 bits per heavy atom. The number of nitrogens with two attached hydrogens (primary N) is 1. The molecule has 0 radical (unpaired) electrons. The normalized spacial score (nSPS) is 33.8. The standard InChI is InChI=1S/C17H31NO2/c18-16(14-5-3-1-2-4-6-14)15-7-10-20-17(13-15)8-11-19-12-9-17/h14-16H,1-13,18H2. The van der Waals surface area contributed by atoms with Gasteiger partial charge in [0.1, 0.15) is 0 Å². The average molecular weight is 281 g/mol. The summed E-state index contributed by atoms with van der Waals surface area (Å²) in [5.41, 5.74) is 6.80. The lowest BCUT2D eigenvalue weighted by atomic mass is 9.73. The van der Waals surface area contributed by atoms with Crippen molar-refractivity contribution in [2.75, 3.05) is 19.8 Å². The average Bonchev–Trinajstić information content (AvgIpc) is 2.76. The molecule has 2 N–H and O–H groups in total. The predicted molar refractivity (Wildman–Crippen MR) is 80.6 cm³/mol. The van der Waals surface area contributed by atoms with E-state index in [4.69, 9.17) is 15.2 Å². The molecule has 2 unspecified atom stereocenters. The van der Waals surface area contributed by atoms with Crippen LogP contribution >= 0.6 is 0 Å². The fourth-order valence-corrected chi connectivity index (χ4v) is 4.57. The minimum Gasteiger partial charge on any atom is -0.381 e. The maximum Gasteiger partial charge on any atom is 0.0729 e. The van der Waals surface area contributed by atoms with Crippen LogP contribution in [0.25, 0.3) is 0 Å². The lowest BCUT2D eigenvalue weighted by Gasteiger charge is -2.46. The third-order valence-electron chi connectivity index (χ3n) is 5.92. The molecule has 0 bridgehead atoms. The summed E-state index contributed by atoms with van der Waals surface area (Å²) in [5, 5.41) is 0. The van der Waals surface area contributed by atoms with Gasteiger partial charge in [-0.15, -0.1) is 0 Å². The van der Waals surface area contributed by atoms with Crippen LogP contribution in [0.1, 0.15) is 64.2 Å². The van der Waals surface area contributed by atoms with Crippen molar-refractivity contribution < 1.29 is 9.47 Å². The van der Waals surface area contributed by atoms with Gasteiger partial charge in [0.15, 0.2) is 0 Å². The lowest BCUT2D eigenvalue weighted by molar-refractivity contribution is -0.150. The zero-order valence-corrected chi connectivity index (χ0v) is 12.8. The third kappa shape index (κ3) is 3.37. The van der Waals surface area contributed by atoms with Crippen LogP contribution in [0, 0.1) is 11.8 Å². The first kappa shape index (κ1) is 14.8. The van der Waals surface area contributed by atoms with Crippen LogP contribution in [0.15, 0.2) is 0 Å². The number of rotatable bonds is 2. The largest absolute Gasteiger partial charge is 0.381 e. The Balaban J connectivity index is 1.60. The number of hydrogen-bond donors (Lipinski definition) is 1. The highest BCUT2D eigenvalue weighted by Gasteiger charge is 2.41. The molecule has 1 spiro atoms. The van der Waals surface area contributed by atoms with E-state index >= 15 is 0 Å². The molecule has 20 heavy (non-hydrogen) atoms. The summed E-state index contributed by atoms with van der Waals surface area (Å²) < 4.78 is 11.7. The second kappa shape index (κ2) is 6.76. The van der Waals surface area contributed by atoms with E-state index in [1.54, 1.807) is 0 Å². The van der Waals surface area contributed by atoms with Gasteiger partial charge in [-0.3, -0.25) is 0 Å². The first-order valence-electron chi connectivity index (χ1n) is 8.76. The maximum absolute atomic E-state index is 6.70. The fraction of sp³-hybridized carbons (Fsp3) is 1.00. The second-order valence-corrected chi connectivity index (χ2v) is 7.23. The minimum atomic E-state index is 0.101. The van der Waals surface area contributed by atoms with Crippen LogP contribution in [-0.2, 0) is 9.47 Å². The topological polar surface area (TPSA) is 44.5 Å². The Kier molecular flexibility index (Phi) is 5.00. The Bertz CT molecular complexity index is 288. The first-order chi connectivity index (χ1) is 9.79. The molecular weight excluding hydrogens is 250 g/mol. The van der Waals surface area contributed by atoms with Crippen LogP contribution in [0.3, 0.4) is 0 Å². The van der Waals surface area contributed by atoms with Crippen molar-refractivity contribution in [2.45, 2.75) is 75.9 Å². The van der Waals surface area contributed by atoms with Gasteiger partial charge < -0.3 is 15.2 Å².